The molecule has 0 spiro atoms. The van der Waals surface area contributed by atoms with Gasteiger partial charge in [0.25, 0.3) is 0 Å². The number of rotatable bonds is 5. The Hall–Kier alpha value is -3.26. The second kappa shape index (κ2) is 8.62. The zero-order valence-corrected chi connectivity index (χ0v) is 18.4. The van der Waals surface area contributed by atoms with Gasteiger partial charge in [0.05, 0.1) is 0 Å². The highest BCUT2D eigenvalue weighted by atomic mass is 14.9. The summed E-state index contributed by atoms with van der Waals surface area (Å²) in [7, 11) is 0. The zero-order chi connectivity index (χ0) is 21.1. The standard InChI is InChI=1S/C28H30N2/c1-21-13-15-29(17-23(21)3)19-25-5-9-27(10-6-25)28-11-7-26(8-12-28)20-30-16-14-22(2)24(4)18-30/h5-18H,19-20H2,1-4H3/q+2. The molecule has 0 N–H and O–H groups in total. The molecule has 0 unspecified atom stereocenters. The normalized spacial score (nSPS) is 10.9. The number of hydrogen-bond donors (Lipinski definition) is 0. The second-order valence-electron chi connectivity index (χ2n) is 8.36. The summed E-state index contributed by atoms with van der Waals surface area (Å²) in [6, 6.07) is 22.2. The van der Waals surface area contributed by atoms with E-state index in [4.69, 9.17) is 0 Å². The van der Waals surface area contributed by atoms with E-state index < -0.39 is 0 Å². The molecule has 0 aliphatic rings. The summed E-state index contributed by atoms with van der Waals surface area (Å²) in [6.45, 7) is 10.4. The summed E-state index contributed by atoms with van der Waals surface area (Å²) < 4.78 is 4.49. The van der Waals surface area contributed by atoms with Gasteiger partial charge in [0, 0.05) is 34.4 Å². The van der Waals surface area contributed by atoms with E-state index in [2.05, 4.69) is 122 Å². The van der Waals surface area contributed by atoms with E-state index >= 15 is 0 Å². The Labute approximate surface area is 180 Å². The lowest BCUT2D eigenvalue weighted by molar-refractivity contribution is -0.688. The van der Waals surface area contributed by atoms with Crippen molar-refractivity contribution in [2.75, 3.05) is 0 Å². The van der Waals surface area contributed by atoms with Crippen molar-refractivity contribution < 1.29 is 9.13 Å². The molecule has 2 aromatic heterocycles. The second-order valence-corrected chi connectivity index (χ2v) is 8.36. The minimum atomic E-state index is 0.896. The molecule has 0 fully saturated rings. The monoisotopic (exact) mass is 394 g/mol. The van der Waals surface area contributed by atoms with Crippen LogP contribution < -0.4 is 9.13 Å². The lowest BCUT2D eigenvalue weighted by atomic mass is 10.0. The van der Waals surface area contributed by atoms with E-state index in [9.17, 15) is 0 Å². The fourth-order valence-corrected chi connectivity index (χ4v) is 3.69. The third-order valence-corrected chi connectivity index (χ3v) is 5.97. The van der Waals surface area contributed by atoms with Gasteiger partial charge in [0.2, 0.25) is 0 Å². The van der Waals surface area contributed by atoms with Crippen LogP contribution in [0.2, 0.25) is 0 Å². The maximum Gasteiger partial charge on any atom is 0.173 e. The van der Waals surface area contributed by atoms with Gasteiger partial charge in [-0.3, -0.25) is 0 Å². The minimum Gasteiger partial charge on any atom is -0.201 e. The van der Waals surface area contributed by atoms with Gasteiger partial charge in [0.1, 0.15) is 0 Å². The smallest absolute Gasteiger partial charge is 0.173 e. The SMILES string of the molecule is Cc1cc[n+](Cc2ccc(-c3ccc(C[n+]4ccc(C)c(C)c4)cc3)cc2)cc1C. The lowest BCUT2D eigenvalue weighted by Gasteiger charge is -2.06. The molecule has 2 nitrogen and oxygen atoms in total. The van der Waals surface area contributed by atoms with Crippen LogP contribution in [0.4, 0.5) is 0 Å². The Morgan fingerprint density at radius 2 is 0.833 bits per heavy atom. The van der Waals surface area contributed by atoms with Gasteiger partial charge >= 0.3 is 0 Å². The summed E-state index contributed by atoms with van der Waals surface area (Å²) in [5.41, 5.74) is 10.5. The summed E-state index contributed by atoms with van der Waals surface area (Å²) in [4.78, 5) is 0. The van der Waals surface area contributed by atoms with Crippen LogP contribution in [-0.4, -0.2) is 0 Å². The van der Waals surface area contributed by atoms with E-state index in [1.54, 1.807) is 0 Å². The quantitative estimate of drug-likeness (QED) is 0.408. The Morgan fingerprint density at radius 1 is 0.467 bits per heavy atom. The van der Waals surface area contributed by atoms with Crippen molar-refractivity contribution in [3.8, 4) is 11.1 Å². The summed E-state index contributed by atoms with van der Waals surface area (Å²) in [6.07, 6.45) is 8.75. The fraction of sp³-hybridized carbons (Fsp3) is 0.214. The number of aromatic nitrogens is 2. The molecule has 4 rings (SSSR count). The molecule has 0 amide bonds. The third-order valence-electron chi connectivity index (χ3n) is 5.97. The summed E-state index contributed by atoms with van der Waals surface area (Å²) in [5.74, 6) is 0. The van der Waals surface area contributed by atoms with Gasteiger partial charge in [-0.15, -0.1) is 0 Å². The van der Waals surface area contributed by atoms with Crippen molar-refractivity contribution in [3.05, 3.63) is 119 Å². The highest BCUT2D eigenvalue weighted by Crippen LogP contribution is 2.20. The molecular formula is C28H30N2+2. The molecule has 2 heteroatoms. The average Bonchev–Trinajstić information content (AvgIpc) is 2.75. The molecule has 30 heavy (non-hydrogen) atoms. The van der Waals surface area contributed by atoms with Crippen LogP contribution in [0.1, 0.15) is 33.4 Å². The molecule has 4 aromatic rings. The van der Waals surface area contributed by atoms with E-state index in [-0.39, 0.29) is 0 Å². The number of nitrogens with zero attached hydrogens (tertiary/aromatic N) is 2. The molecular weight excluding hydrogens is 364 g/mol. The van der Waals surface area contributed by atoms with Crippen LogP contribution >= 0.6 is 0 Å². The van der Waals surface area contributed by atoms with E-state index in [0.29, 0.717) is 0 Å². The van der Waals surface area contributed by atoms with Gasteiger partial charge in [-0.05, 0) is 49.9 Å². The van der Waals surface area contributed by atoms with Gasteiger partial charge in [-0.2, -0.15) is 0 Å². The van der Waals surface area contributed by atoms with Crippen LogP contribution in [0.25, 0.3) is 11.1 Å². The molecule has 0 saturated heterocycles. The predicted octanol–water partition coefficient (Wildman–Crippen LogP) is 5.26. The van der Waals surface area contributed by atoms with Crippen molar-refractivity contribution in [1.29, 1.82) is 0 Å². The van der Waals surface area contributed by atoms with E-state index in [0.717, 1.165) is 13.1 Å². The van der Waals surface area contributed by atoms with Crippen molar-refractivity contribution >= 4 is 0 Å². The van der Waals surface area contributed by atoms with Gasteiger partial charge in [-0.1, -0.05) is 48.5 Å². The zero-order valence-electron chi connectivity index (χ0n) is 18.4. The number of hydrogen-bond acceptors (Lipinski definition) is 0. The highest BCUT2D eigenvalue weighted by molar-refractivity contribution is 5.63. The van der Waals surface area contributed by atoms with Crippen molar-refractivity contribution in [3.63, 3.8) is 0 Å². The molecule has 0 aliphatic carbocycles. The molecule has 0 atom stereocenters. The van der Waals surface area contributed by atoms with Crippen LogP contribution in [0.5, 0.6) is 0 Å². The summed E-state index contributed by atoms with van der Waals surface area (Å²) in [5, 5.41) is 0. The number of pyridine rings is 2. The minimum absolute atomic E-state index is 0.896. The Balaban J connectivity index is 1.44. The topological polar surface area (TPSA) is 7.76 Å². The van der Waals surface area contributed by atoms with Crippen molar-refractivity contribution in [2.24, 2.45) is 0 Å². The van der Waals surface area contributed by atoms with Crippen LogP contribution in [0, 0.1) is 27.7 Å². The molecule has 0 radical (unpaired) electrons. The summed E-state index contributed by atoms with van der Waals surface area (Å²) >= 11 is 0. The molecule has 150 valence electrons. The Morgan fingerprint density at radius 3 is 1.17 bits per heavy atom. The molecule has 2 aromatic carbocycles. The molecule has 2 heterocycles. The Bertz CT molecular complexity index is 1060. The van der Waals surface area contributed by atoms with E-state index in [1.165, 1.54) is 44.5 Å². The third kappa shape index (κ3) is 4.65. The molecule has 0 aliphatic heterocycles. The van der Waals surface area contributed by atoms with Crippen LogP contribution in [0.15, 0.2) is 85.5 Å². The number of aryl methyl sites for hydroxylation is 4. The van der Waals surface area contributed by atoms with Crippen molar-refractivity contribution in [1.82, 2.24) is 0 Å². The number of benzene rings is 2. The van der Waals surface area contributed by atoms with Crippen LogP contribution in [0.3, 0.4) is 0 Å². The maximum atomic E-state index is 2.25. The fourth-order valence-electron chi connectivity index (χ4n) is 3.69. The molecule has 0 bridgehead atoms. The highest BCUT2D eigenvalue weighted by Gasteiger charge is 2.07. The van der Waals surface area contributed by atoms with Gasteiger partial charge in [-0.25, -0.2) is 9.13 Å². The van der Waals surface area contributed by atoms with Crippen molar-refractivity contribution in [2.45, 2.75) is 40.8 Å². The first-order valence-corrected chi connectivity index (χ1v) is 10.6. The van der Waals surface area contributed by atoms with Crippen LogP contribution in [-0.2, 0) is 13.1 Å². The van der Waals surface area contributed by atoms with Gasteiger partial charge < -0.3 is 0 Å². The van der Waals surface area contributed by atoms with Gasteiger partial charge in [0.15, 0.2) is 37.9 Å². The maximum absolute atomic E-state index is 2.25. The Kier molecular flexibility index (Phi) is 5.76. The first-order valence-electron chi connectivity index (χ1n) is 10.6. The largest absolute Gasteiger partial charge is 0.201 e. The van der Waals surface area contributed by atoms with E-state index in [1.807, 2.05) is 0 Å². The first-order chi connectivity index (χ1) is 14.5. The average molecular weight is 395 g/mol. The lowest BCUT2D eigenvalue weighted by Crippen LogP contribution is -2.33. The molecule has 0 saturated carbocycles. The predicted molar refractivity (Wildman–Crippen MR) is 122 cm³/mol. The first kappa shape index (κ1) is 20.0.